The Hall–Kier alpha value is -1.95. The average Bonchev–Trinajstić information content (AvgIpc) is 2.84. The van der Waals surface area contributed by atoms with E-state index >= 15 is 0 Å². The van der Waals surface area contributed by atoms with E-state index in [0.29, 0.717) is 17.3 Å². The number of carbonyl (C=O) groups excluding carboxylic acids is 1. The minimum absolute atomic E-state index is 0.160. The second kappa shape index (κ2) is 3.57. The van der Waals surface area contributed by atoms with Crippen LogP contribution in [0.2, 0.25) is 0 Å². The van der Waals surface area contributed by atoms with Gasteiger partial charge < -0.3 is 9.73 Å². The van der Waals surface area contributed by atoms with E-state index in [2.05, 4.69) is 15.6 Å². The fraction of sp³-hybridized carbons (Fsp3) is 0.300. The van der Waals surface area contributed by atoms with Crippen molar-refractivity contribution in [2.24, 2.45) is 0 Å². The summed E-state index contributed by atoms with van der Waals surface area (Å²) in [4.78, 5) is 11.9. The van der Waals surface area contributed by atoms with Crippen LogP contribution in [0.1, 0.15) is 22.1 Å². The summed E-state index contributed by atoms with van der Waals surface area (Å²) in [6, 6.07) is 1.94. The number of furan rings is 1. The number of rotatable bonds is 3. The molecule has 2 aromatic heterocycles. The lowest BCUT2D eigenvalue weighted by Crippen LogP contribution is -2.43. The summed E-state index contributed by atoms with van der Waals surface area (Å²) in [5.74, 6) is -0.160. The SMILES string of the molecule is O=C(c1ccoc1)c1cn(C2CNC2)nn1. The molecule has 3 rings (SSSR count). The molecule has 1 aliphatic rings. The van der Waals surface area contributed by atoms with Gasteiger partial charge in [0.15, 0.2) is 5.69 Å². The second-order valence-corrected chi connectivity index (χ2v) is 3.74. The van der Waals surface area contributed by atoms with Gasteiger partial charge in [0.05, 0.1) is 24.1 Å². The quantitative estimate of drug-likeness (QED) is 0.747. The fourth-order valence-corrected chi connectivity index (χ4v) is 1.56. The van der Waals surface area contributed by atoms with Crippen molar-refractivity contribution in [3.05, 3.63) is 36.0 Å². The van der Waals surface area contributed by atoms with Gasteiger partial charge in [-0.2, -0.15) is 0 Å². The molecule has 0 spiro atoms. The predicted molar refractivity (Wildman–Crippen MR) is 54.1 cm³/mol. The predicted octanol–water partition coefficient (Wildman–Crippen LogP) is 0.246. The van der Waals surface area contributed by atoms with Crippen molar-refractivity contribution in [1.29, 1.82) is 0 Å². The molecule has 6 nitrogen and oxygen atoms in total. The van der Waals surface area contributed by atoms with Crippen LogP contribution in [0.3, 0.4) is 0 Å². The Bertz CT molecular complexity index is 499. The third kappa shape index (κ3) is 1.43. The van der Waals surface area contributed by atoms with Gasteiger partial charge in [0.1, 0.15) is 6.26 Å². The number of carbonyl (C=O) groups is 1. The molecule has 82 valence electrons. The third-order valence-corrected chi connectivity index (χ3v) is 2.66. The van der Waals surface area contributed by atoms with Crippen molar-refractivity contribution < 1.29 is 9.21 Å². The molecule has 0 saturated carbocycles. The summed E-state index contributed by atoms with van der Waals surface area (Å²) < 4.78 is 6.58. The van der Waals surface area contributed by atoms with Crippen molar-refractivity contribution in [3.8, 4) is 0 Å². The zero-order valence-corrected chi connectivity index (χ0v) is 8.46. The van der Waals surface area contributed by atoms with Crippen LogP contribution >= 0.6 is 0 Å². The number of nitrogens with one attached hydrogen (secondary N) is 1. The van der Waals surface area contributed by atoms with Gasteiger partial charge >= 0.3 is 0 Å². The highest BCUT2D eigenvalue weighted by Crippen LogP contribution is 2.12. The molecule has 0 bridgehead atoms. The number of hydrogen-bond acceptors (Lipinski definition) is 5. The van der Waals surface area contributed by atoms with Crippen LogP contribution < -0.4 is 5.32 Å². The van der Waals surface area contributed by atoms with Crippen molar-refractivity contribution in [3.63, 3.8) is 0 Å². The van der Waals surface area contributed by atoms with Crippen LogP contribution in [0, 0.1) is 0 Å². The highest BCUT2D eigenvalue weighted by Gasteiger charge is 2.22. The molecule has 6 heteroatoms. The van der Waals surface area contributed by atoms with Gasteiger partial charge in [-0.25, -0.2) is 4.68 Å². The van der Waals surface area contributed by atoms with Gasteiger partial charge in [-0.05, 0) is 6.07 Å². The fourth-order valence-electron chi connectivity index (χ4n) is 1.56. The maximum atomic E-state index is 11.9. The van der Waals surface area contributed by atoms with E-state index < -0.39 is 0 Å². The topological polar surface area (TPSA) is 73.0 Å². The molecule has 16 heavy (non-hydrogen) atoms. The largest absolute Gasteiger partial charge is 0.472 e. The normalized spacial score (nSPS) is 16.0. The van der Waals surface area contributed by atoms with E-state index in [4.69, 9.17) is 4.42 Å². The monoisotopic (exact) mass is 218 g/mol. The van der Waals surface area contributed by atoms with Gasteiger partial charge in [-0.3, -0.25) is 4.79 Å². The Morgan fingerprint density at radius 1 is 1.56 bits per heavy atom. The Morgan fingerprint density at radius 2 is 2.44 bits per heavy atom. The molecule has 0 amide bonds. The molecule has 2 aromatic rings. The standard InChI is InChI=1S/C10H10N4O2/c15-10(7-1-2-16-6-7)9-5-14(13-12-9)8-3-11-4-8/h1-2,5-6,8,11H,3-4H2. The number of nitrogens with zero attached hydrogens (tertiary/aromatic N) is 3. The van der Waals surface area contributed by atoms with Crippen LogP contribution in [0.4, 0.5) is 0 Å². The highest BCUT2D eigenvalue weighted by atomic mass is 16.3. The number of aromatic nitrogens is 3. The molecule has 0 atom stereocenters. The first kappa shape index (κ1) is 9.29. The summed E-state index contributed by atoms with van der Waals surface area (Å²) >= 11 is 0. The van der Waals surface area contributed by atoms with Crippen LogP contribution in [0.5, 0.6) is 0 Å². The Kier molecular flexibility index (Phi) is 2.07. The van der Waals surface area contributed by atoms with Crippen LogP contribution in [-0.4, -0.2) is 33.9 Å². The summed E-state index contributed by atoms with van der Waals surface area (Å²) in [5, 5.41) is 11.0. The molecule has 1 saturated heterocycles. The molecule has 3 heterocycles. The zero-order valence-electron chi connectivity index (χ0n) is 8.46. The molecule has 1 N–H and O–H groups in total. The molecule has 0 radical (unpaired) electrons. The second-order valence-electron chi connectivity index (χ2n) is 3.74. The molecular weight excluding hydrogens is 208 g/mol. The van der Waals surface area contributed by atoms with Gasteiger partial charge in [-0.15, -0.1) is 5.10 Å². The molecular formula is C10H10N4O2. The molecule has 0 unspecified atom stereocenters. The van der Waals surface area contributed by atoms with E-state index in [1.165, 1.54) is 12.5 Å². The Morgan fingerprint density at radius 3 is 3.06 bits per heavy atom. The van der Waals surface area contributed by atoms with Crippen molar-refractivity contribution >= 4 is 5.78 Å². The Labute approximate surface area is 91.2 Å². The van der Waals surface area contributed by atoms with Crippen molar-refractivity contribution in [2.75, 3.05) is 13.1 Å². The lowest BCUT2D eigenvalue weighted by molar-refractivity contribution is 0.103. The van der Waals surface area contributed by atoms with Crippen LogP contribution in [0.15, 0.2) is 29.2 Å². The van der Waals surface area contributed by atoms with Crippen LogP contribution in [0.25, 0.3) is 0 Å². The summed E-state index contributed by atoms with van der Waals surface area (Å²) in [6.45, 7) is 1.76. The first-order chi connectivity index (χ1) is 7.84. The van der Waals surface area contributed by atoms with E-state index in [-0.39, 0.29) is 5.78 Å². The highest BCUT2D eigenvalue weighted by molar-refractivity contribution is 6.07. The van der Waals surface area contributed by atoms with E-state index in [1.807, 2.05) is 0 Å². The van der Waals surface area contributed by atoms with Crippen molar-refractivity contribution in [1.82, 2.24) is 20.3 Å². The minimum atomic E-state index is -0.160. The maximum Gasteiger partial charge on any atom is 0.218 e. The summed E-state index contributed by atoms with van der Waals surface area (Å²) in [6.07, 6.45) is 4.56. The van der Waals surface area contributed by atoms with Gasteiger partial charge in [0, 0.05) is 13.1 Å². The van der Waals surface area contributed by atoms with E-state index in [0.717, 1.165) is 13.1 Å². The van der Waals surface area contributed by atoms with E-state index in [1.54, 1.807) is 16.9 Å². The molecule has 1 fully saturated rings. The third-order valence-electron chi connectivity index (χ3n) is 2.66. The lowest BCUT2D eigenvalue weighted by atomic mass is 10.1. The summed E-state index contributed by atoms with van der Waals surface area (Å²) in [7, 11) is 0. The average molecular weight is 218 g/mol. The summed E-state index contributed by atoms with van der Waals surface area (Å²) in [5.41, 5.74) is 0.854. The Balaban J connectivity index is 1.84. The molecule has 0 aromatic carbocycles. The van der Waals surface area contributed by atoms with E-state index in [9.17, 15) is 4.79 Å². The molecule has 0 aliphatic carbocycles. The molecule has 1 aliphatic heterocycles. The first-order valence-electron chi connectivity index (χ1n) is 5.04. The minimum Gasteiger partial charge on any atom is -0.472 e. The smallest absolute Gasteiger partial charge is 0.218 e. The van der Waals surface area contributed by atoms with Crippen molar-refractivity contribution in [2.45, 2.75) is 6.04 Å². The first-order valence-corrected chi connectivity index (χ1v) is 5.04. The van der Waals surface area contributed by atoms with Gasteiger partial charge in [-0.1, -0.05) is 5.21 Å². The zero-order chi connectivity index (χ0) is 11.0. The van der Waals surface area contributed by atoms with Crippen LogP contribution in [-0.2, 0) is 0 Å². The van der Waals surface area contributed by atoms with Gasteiger partial charge in [0.25, 0.3) is 0 Å². The lowest BCUT2D eigenvalue weighted by Gasteiger charge is -2.26. The number of ketones is 1. The number of hydrogen-bond donors (Lipinski definition) is 1. The van der Waals surface area contributed by atoms with Gasteiger partial charge in [0.2, 0.25) is 5.78 Å². The maximum absolute atomic E-state index is 11.9.